The van der Waals surface area contributed by atoms with Gasteiger partial charge in [-0.3, -0.25) is 14.4 Å². The van der Waals surface area contributed by atoms with Gasteiger partial charge < -0.3 is 50.5 Å². The highest BCUT2D eigenvalue weighted by Crippen LogP contribution is 2.31. The van der Waals surface area contributed by atoms with E-state index in [-0.39, 0.29) is 72.0 Å². The van der Waals surface area contributed by atoms with Gasteiger partial charge in [0.15, 0.2) is 40.5 Å². The fourth-order valence-corrected chi connectivity index (χ4v) is 4.77. The standard InChI is InChI=1S/C32H36N4O10/c1-45-25-13-6-9-20(28(25)41)30(43)33-14-2-3-16-36(17-7-15-34-29(42)19-8-4-11-23(37)26(19)39)32(44)22-18-46-31(35-22)21-10-5-12-24(38)27(21)40/h4-6,8-13,22,37-41H,2-3,7,14-18H2,1H3,(H,33,43)(H,34,42). The third-order valence-corrected chi connectivity index (χ3v) is 7.25. The molecule has 0 aliphatic carbocycles. The van der Waals surface area contributed by atoms with E-state index in [9.17, 15) is 39.9 Å². The lowest BCUT2D eigenvalue weighted by Crippen LogP contribution is -2.41. The minimum atomic E-state index is -0.911. The number of phenolic OH excluding ortho intramolecular Hbond substituents is 5. The van der Waals surface area contributed by atoms with Gasteiger partial charge in [-0.15, -0.1) is 0 Å². The van der Waals surface area contributed by atoms with Crippen LogP contribution < -0.4 is 15.4 Å². The second-order valence-corrected chi connectivity index (χ2v) is 10.4. The zero-order chi connectivity index (χ0) is 33.2. The van der Waals surface area contributed by atoms with Crippen LogP contribution in [0.1, 0.15) is 45.5 Å². The molecule has 0 radical (unpaired) electrons. The molecule has 1 unspecified atom stereocenters. The molecule has 0 saturated carbocycles. The Morgan fingerprint density at radius 2 is 1.39 bits per heavy atom. The summed E-state index contributed by atoms with van der Waals surface area (Å²) in [5, 5.41) is 55.3. The number of carbonyl (C=O) groups is 3. The summed E-state index contributed by atoms with van der Waals surface area (Å²) in [4.78, 5) is 44.5. The van der Waals surface area contributed by atoms with E-state index in [2.05, 4.69) is 15.6 Å². The summed E-state index contributed by atoms with van der Waals surface area (Å²) < 4.78 is 10.6. The highest BCUT2D eigenvalue weighted by Gasteiger charge is 2.31. The van der Waals surface area contributed by atoms with Crippen molar-refractivity contribution < 1.29 is 49.4 Å². The monoisotopic (exact) mass is 636 g/mol. The number of ether oxygens (including phenoxy) is 2. The minimum absolute atomic E-state index is 0.0217. The van der Waals surface area contributed by atoms with Gasteiger partial charge in [0.2, 0.25) is 5.90 Å². The van der Waals surface area contributed by atoms with Gasteiger partial charge >= 0.3 is 0 Å². The first kappa shape index (κ1) is 33.2. The lowest BCUT2D eigenvalue weighted by molar-refractivity contribution is -0.132. The Labute approximate surface area is 264 Å². The third-order valence-electron chi connectivity index (χ3n) is 7.25. The number of benzene rings is 3. The average Bonchev–Trinajstić information content (AvgIpc) is 3.54. The SMILES string of the molecule is COc1cccc(C(=O)NCCCCN(CCCNC(=O)c2cccc(O)c2O)C(=O)C2COC(c3cccc(O)c3O)=N2)c1O. The smallest absolute Gasteiger partial charge is 0.255 e. The molecule has 3 aromatic rings. The molecule has 1 atom stereocenters. The molecule has 3 amide bonds. The van der Waals surface area contributed by atoms with Gasteiger partial charge in [-0.2, -0.15) is 0 Å². The van der Waals surface area contributed by atoms with E-state index in [0.717, 1.165) is 0 Å². The molecule has 0 saturated heterocycles. The maximum Gasteiger partial charge on any atom is 0.255 e. The Kier molecular flexibility index (Phi) is 11.1. The summed E-state index contributed by atoms with van der Waals surface area (Å²) in [6, 6.07) is 12.1. The Morgan fingerprint density at radius 3 is 2.09 bits per heavy atom. The topological polar surface area (TPSA) is 210 Å². The van der Waals surface area contributed by atoms with Crippen LogP contribution in [0.4, 0.5) is 0 Å². The first-order valence-corrected chi connectivity index (χ1v) is 14.6. The predicted octanol–water partition coefficient (Wildman–Crippen LogP) is 2.23. The van der Waals surface area contributed by atoms with Gasteiger partial charge in [-0.25, -0.2) is 4.99 Å². The molecule has 0 spiro atoms. The van der Waals surface area contributed by atoms with Crippen molar-refractivity contribution >= 4 is 23.6 Å². The molecule has 3 aromatic carbocycles. The summed E-state index contributed by atoms with van der Waals surface area (Å²) in [5.74, 6) is -3.19. The van der Waals surface area contributed by atoms with Crippen molar-refractivity contribution in [2.75, 3.05) is 39.9 Å². The normalized spacial score (nSPS) is 13.8. The molecule has 1 heterocycles. The van der Waals surface area contributed by atoms with Gasteiger partial charge in [0.25, 0.3) is 17.7 Å². The number of phenols is 5. The molecule has 14 nitrogen and oxygen atoms in total. The molecule has 0 fully saturated rings. The van der Waals surface area contributed by atoms with Gasteiger partial charge in [0.05, 0.1) is 23.8 Å². The number of methoxy groups -OCH3 is 1. The number of aromatic hydroxyl groups is 5. The minimum Gasteiger partial charge on any atom is -0.504 e. The maximum absolute atomic E-state index is 13.5. The number of carbonyl (C=O) groups excluding carboxylic acids is 3. The summed E-state index contributed by atoms with van der Waals surface area (Å²) in [6.07, 6.45) is 1.35. The molecule has 0 aromatic heterocycles. The van der Waals surface area contributed by atoms with Crippen LogP contribution in [0.3, 0.4) is 0 Å². The van der Waals surface area contributed by atoms with Gasteiger partial charge in [0.1, 0.15) is 6.61 Å². The molecule has 1 aliphatic rings. The van der Waals surface area contributed by atoms with Crippen molar-refractivity contribution in [2.24, 2.45) is 4.99 Å². The van der Waals surface area contributed by atoms with Crippen LogP contribution >= 0.6 is 0 Å². The zero-order valence-electron chi connectivity index (χ0n) is 25.1. The van der Waals surface area contributed by atoms with Crippen LogP contribution in [0, 0.1) is 0 Å². The molecule has 14 heteroatoms. The van der Waals surface area contributed by atoms with Crippen molar-refractivity contribution in [3.05, 3.63) is 71.3 Å². The summed E-state index contributed by atoms with van der Waals surface area (Å²) in [6.45, 7) is 0.873. The van der Waals surface area contributed by atoms with Crippen LogP contribution in [0.5, 0.6) is 34.5 Å². The van der Waals surface area contributed by atoms with E-state index >= 15 is 0 Å². The second-order valence-electron chi connectivity index (χ2n) is 10.4. The first-order chi connectivity index (χ1) is 22.1. The zero-order valence-corrected chi connectivity index (χ0v) is 25.1. The van der Waals surface area contributed by atoms with Crippen LogP contribution in [0.2, 0.25) is 0 Å². The van der Waals surface area contributed by atoms with Crippen LogP contribution in [0.15, 0.2) is 59.6 Å². The summed E-state index contributed by atoms with van der Waals surface area (Å²) in [5.41, 5.74) is 0.139. The Bertz CT molecular complexity index is 1610. The Morgan fingerprint density at radius 1 is 0.804 bits per heavy atom. The number of rotatable bonds is 14. The Balaban J connectivity index is 1.35. The van der Waals surface area contributed by atoms with Crippen molar-refractivity contribution in [2.45, 2.75) is 25.3 Å². The highest BCUT2D eigenvalue weighted by molar-refractivity contribution is 6.01. The first-order valence-electron chi connectivity index (χ1n) is 14.6. The summed E-state index contributed by atoms with van der Waals surface area (Å²) in [7, 11) is 1.39. The fraction of sp³-hybridized carbons (Fsp3) is 0.312. The Hall–Kier alpha value is -5.66. The number of nitrogens with zero attached hydrogens (tertiary/aromatic N) is 2. The van der Waals surface area contributed by atoms with E-state index in [1.165, 1.54) is 55.6 Å². The average molecular weight is 637 g/mol. The molecule has 46 heavy (non-hydrogen) atoms. The van der Waals surface area contributed by atoms with Crippen molar-refractivity contribution in [3.8, 4) is 34.5 Å². The van der Waals surface area contributed by atoms with E-state index in [1.54, 1.807) is 11.0 Å². The van der Waals surface area contributed by atoms with Gasteiger partial charge in [-0.05, 0) is 55.7 Å². The molecule has 7 N–H and O–H groups in total. The van der Waals surface area contributed by atoms with Crippen molar-refractivity contribution in [3.63, 3.8) is 0 Å². The number of nitrogens with one attached hydrogen (secondary N) is 2. The molecule has 4 rings (SSSR count). The maximum atomic E-state index is 13.5. The quantitative estimate of drug-likeness (QED) is 0.101. The summed E-state index contributed by atoms with van der Waals surface area (Å²) >= 11 is 0. The van der Waals surface area contributed by atoms with Gasteiger partial charge in [0, 0.05) is 26.2 Å². The number of para-hydroxylation sites is 3. The lowest BCUT2D eigenvalue weighted by atomic mass is 10.1. The molecular formula is C32H36N4O10. The number of amides is 3. The van der Waals surface area contributed by atoms with E-state index in [0.29, 0.717) is 25.8 Å². The van der Waals surface area contributed by atoms with Crippen LogP contribution in [-0.4, -0.2) is 100.0 Å². The number of hydrogen-bond acceptors (Lipinski definition) is 11. The van der Waals surface area contributed by atoms with Crippen molar-refractivity contribution in [1.82, 2.24) is 15.5 Å². The molecule has 244 valence electrons. The molecule has 1 aliphatic heterocycles. The number of hydrogen-bond donors (Lipinski definition) is 7. The van der Waals surface area contributed by atoms with E-state index < -0.39 is 35.1 Å². The van der Waals surface area contributed by atoms with Crippen molar-refractivity contribution in [1.29, 1.82) is 0 Å². The molecular weight excluding hydrogens is 600 g/mol. The number of aliphatic imine (C=N–C) groups is 1. The highest BCUT2D eigenvalue weighted by atomic mass is 16.5. The van der Waals surface area contributed by atoms with Gasteiger partial charge in [-0.1, -0.05) is 18.2 Å². The molecule has 0 bridgehead atoms. The van der Waals surface area contributed by atoms with Crippen LogP contribution in [-0.2, 0) is 9.53 Å². The third kappa shape index (κ3) is 7.88. The van der Waals surface area contributed by atoms with E-state index in [1.807, 2.05) is 0 Å². The second kappa shape index (κ2) is 15.4. The lowest BCUT2D eigenvalue weighted by Gasteiger charge is -2.24. The van der Waals surface area contributed by atoms with E-state index in [4.69, 9.17) is 9.47 Å². The van der Waals surface area contributed by atoms with Crippen LogP contribution in [0.25, 0.3) is 0 Å². The predicted molar refractivity (Wildman–Crippen MR) is 166 cm³/mol. The number of unbranched alkanes of at least 4 members (excludes halogenated alkanes) is 1. The fourth-order valence-electron chi connectivity index (χ4n) is 4.77. The largest absolute Gasteiger partial charge is 0.504 e.